The van der Waals surface area contributed by atoms with Gasteiger partial charge in [0.25, 0.3) is 5.91 Å². The molecule has 0 saturated carbocycles. The minimum Gasteiger partial charge on any atom is -0.350 e. The molecule has 1 aliphatic rings. The number of pyridine rings is 1. The first-order valence-corrected chi connectivity index (χ1v) is 8.10. The molecule has 6 nitrogen and oxygen atoms in total. The van der Waals surface area contributed by atoms with E-state index in [1.54, 1.807) is 24.8 Å². The first kappa shape index (κ1) is 15.3. The summed E-state index contributed by atoms with van der Waals surface area (Å²) in [5, 5.41) is 3.12. The molecule has 0 radical (unpaired) electrons. The van der Waals surface area contributed by atoms with E-state index < -0.39 is 0 Å². The van der Waals surface area contributed by atoms with E-state index in [9.17, 15) is 4.79 Å². The minimum atomic E-state index is -0.0463. The molecule has 0 bridgehead atoms. The summed E-state index contributed by atoms with van der Waals surface area (Å²) in [6.07, 6.45) is 6.67. The van der Waals surface area contributed by atoms with Gasteiger partial charge in [0.1, 0.15) is 0 Å². The Balaban J connectivity index is 1.40. The lowest BCUT2D eigenvalue weighted by Gasteiger charge is -2.15. The lowest BCUT2D eigenvalue weighted by molar-refractivity contribution is 0.0750. The van der Waals surface area contributed by atoms with Gasteiger partial charge in [-0.1, -0.05) is 30.3 Å². The molecule has 6 heteroatoms. The molecule has 1 N–H and O–H groups in total. The molecule has 1 aromatic carbocycles. The van der Waals surface area contributed by atoms with Crippen LogP contribution >= 0.6 is 0 Å². The van der Waals surface area contributed by atoms with Gasteiger partial charge in [0.05, 0.1) is 5.56 Å². The van der Waals surface area contributed by atoms with Gasteiger partial charge in [-0.25, -0.2) is 9.97 Å². The second-order valence-electron chi connectivity index (χ2n) is 5.94. The Morgan fingerprint density at radius 2 is 1.72 bits per heavy atom. The Bertz CT molecular complexity index is 855. The molecule has 0 unspecified atom stereocenters. The molecular weight excluding hydrogens is 314 g/mol. The van der Waals surface area contributed by atoms with Crippen LogP contribution in [0.2, 0.25) is 0 Å². The highest BCUT2D eigenvalue weighted by molar-refractivity contribution is 5.94. The van der Waals surface area contributed by atoms with Crippen molar-refractivity contribution in [1.82, 2.24) is 19.9 Å². The van der Waals surface area contributed by atoms with Crippen molar-refractivity contribution in [1.29, 1.82) is 0 Å². The van der Waals surface area contributed by atoms with Crippen LogP contribution in [-0.2, 0) is 19.6 Å². The fourth-order valence-corrected chi connectivity index (χ4v) is 2.87. The molecule has 4 rings (SSSR count). The number of aromatic nitrogens is 3. The van der Waals surface area contributed by atoms with Crippen LogP contribution < -0.4 is 5.32 Å². The van der Waals surface area contributed by atoms with Gasteiger partial charge >= 0.3 is 0 Å². The van der Waals surface area contributed by atoms with Crippen molar-refractivity contribution in [2.45, 2.75) is 19.6 Å². The lowest BCUT2D eigenvalue weighted by atomic mass is 10.1. The third-order valence-electron chi connectivity index (χ3n) is 4.20. The molecule has 3 aromatic rings. The summed E-state index contributed by atoms with van der Waals surface area (Å²) in [7, 11) is 0. The highest BCUT2D eigenvalue weighted by atomic mass is 16.2. The zero-order chi connectivity index (χ0) is 17.1. The Morgan fingerprint density at radius 1 is 1.00 bits per heavy atom. The largest absolute Gasteiger partial charge is 0.350 e. The van der Waals surface area contributed by atoms with Crippen molar-refractivity contribution in [3.05, 3.63) is 83.4 Å². The number of anilines is 1. The number of nitrogens with one attached hydrogen (secondary N) is 1. The number of amides is 1. The van der Waals surface area contributed by atoms with E-state index in [0.29, 0.717) is 31.1 Å². The van der Waals surface area contributed by atoms with E-state index >= 15 is 0 Å². The average molecular weight is 331 g/mol. The van der Waals surface area contributed by atoms with Crippen molar-refractivity contribution in [3.63, 3.8) is 0 Å². The average Bonchev–Trinajstić information content (AvgIpc) is 3.11. The summed E-state index contributed by atoms with van der Waals surface area (Å²) in [6.45, 7) is 1.86. The number of carbonyl (C=O) groups is 1. The Kier molecular flexibility index (Phi) is 4.08. The van der Waals surface area contributed by atoms with Gasteiger partial charge in [-0.2, -0.15) is 0 Å². The topological polar surface area (TPSA) is 71.0 Å². The van der Waals surface area contributed by atoms with Gasteiger partial charge in [-0.15, -0.1) is 0 Å². The van der Waals surface area contributed by atoms with Gasteiger partial charge in [-0.05, 0) is 22.8 Å². The smallest absolute Gasteiger partial charge is 0.257 e. The number of rotatable bonds is 4. The Morgan fingerprint density at radius 3 is 2.36 bits per heavy atom. The van der Waals surface area contributed by atoms with Crippen LogP contribution in [0.1, 0.15) is 27.0 Å². The van der Waals surface area contributed by atoms with Gasteiger partial charge in [-0.3, -0.25) is 9.78 Å². The zero-order valence-electron chi connectivity index (χ0n) is 13.6. The molecule has 0 atom stereocenters. The predicted octanol–water partition coefficient (Wildman–Crippen LogP) is 2.64. The van der Waals surface area contributed by atoms with Gasteiger partial charge in [0.2, 0.25) is 5.95 Å². The molecular formula is C19H17N5O. The standard InChI is InChI=1S/C19H17N5O/c25-18(24-12-15-5-1-2-6-16(15)13-24)17-10-22-19(23-11-17)21-9-14-4-3-7-20-8-14/h1-8,10-11H,9,12-13H2,(H,21,22,23). The molecule has 0 fully saturated rings. The first-order valence-electron chi connectivity index (χ1n) is 8.10. The monoisotopic (exact) mass is 331 g/mol. The van der Waals surface area contributed by atoms with Gasteiger partial charge in [0.15, 0.2) is 0 Å². The maximum Gasteiger partial charge on any atom is 0.257 e. The van der Waals surface area contributed by atoms with Crippen molar-refractivity contribution in [2.75, 3.05) is 5.32 Å². The normalized spacial score (nSPS) is 12.7. The van der Waals surface area contributed by atoms with E-state index in [0.717, 1.165) is 5.56 Å². The van der Waals surface area contributed by atoms with Gasteiger partial charge < -0.3 is 10.2 Å². The van der Waals surface area contributed by atoms with Crippen LogP contribution in [0, 0.1) is 0 Å². The first-order chi connectivity index (χ1) is 12.3. The summed E-state index contributed by atoms with van der Waals surface area (Å²) >= 11 is 0. The Hall–Kier alpha value is -3.28. The summed E-state index contributed by atoms with van der Waals surface area (Å²) in [4.78, 5) is 27.0. The SMILES string of the molecule is O=C(c1cnc(NCc2cccnc2)nc1)N1Cc2ccccc2C1. The van der Waals surface area contributed by atoms with Crippen LogP contribution in [0.3, 0.4) is 0 Å². The number of carbonyl (C=O) groups excluding carboxylic acids is 1. The number of hydrogen-bond donors (Lipinski definition) is 1. The molecule has 124 valence electrons. The van der Waals surface area contributed by atoms with Crippen LogP contribution in [0.25, 0.3) is 0 Å². The van der Waals surface area contributed by atoms with E-state index in [-0.39, 0.29) is 5.91 Å². The number of hydrogen-bond acceptors (Lipinski definition) is 5. The van der Waals surface area contributed by atoms with E-state index in [1.807, 2.05) is 29.2 Å². The molecule has 2 aromatic heterocycles. The lowest BCUT2D eigenvalue weighted by Crippen LogP contribution is -2.25. The highest BCUT2D eigenvalue weighted by Crippen LogP contribution is 2.23. The quantitative estimate of drug-likeness (QED) is 0.796. The summed E-state index contributed by atoms with van der Waals surface area (Å²) in [6, 6.07) is 12.0. The molecule has 0 saturated heterocycles. The van der Waals surface area contributed by atoms with E-state index in [4.69, 9.17) is 0 Å². The molecule has 0 spiro atoms. The predicted molar refractivity (Wildman–Crippen MR) is 93.6 cm³/mol. The molecule has 0 aliphatic carbocycles. The third kappa shape index (κ3) is 3.33. The Labute approximate surface area is 145 Å². The highest BCUT2D eigenvalue weighted by Gasteiger charge is 2.24. The van der Waals surface area contributed by atoms with Crippen molar-refractivity contribution < 1.29 is 4.79 Å². The molecule has 3 heterocycles. The third-order valence-corrected chi connectivity index (χ3v) is 4.20. The fourth-order valence-electron chi connectivity index (χ4n) is 2.87. The van der Waals surface area contributed by atoms with Crippen LogP contribution in [0.4, 0.5) is 5.95 Å². The van der Waals surface area contributed by atoms with Crippen LogP contribution in [-0.4, -0.2) is 25.8 Å². The van der Waals surface area contributed by atoms with Gasteiger partial charge in [0, 0.05) is 44.4 Å². The maximum absolute atomic E-state index is 12.6. The second kappa shape index (κ2) is 6.68. The fraction of sp³-hybridized carbons (Fsp3) is 0.158. The minimum absolute atomic E-state index is 0.0463. The van der Waals surface area contributed by atoms with Crippen LogP contribution in [0.15, 0.2) is 61.2 Å². The van der Waals surface area contributed by atoms with Crippen molar-refractivity contribution in [2.24, 2.45) is 0 Å². The van der Waals surface area contributed by atoms with Crippen molar-refractivity contribution in [3.8, 4) is 0 Å². The van der Waals surface area contributed by atoms with Crippen molar-refractivity contribution >= 4 is 11.9 Å². The molecule has 1 amide bonds. The summed E-state index contributed by atoms with van der Waals surface area (Å²) in [5.74, 6) is 0.445. The maximum atomic E-state index is 12.6. The zero-order valence-corrected chi connectivity index (χ0v) is 13.6. The number of fused-ring (bicyclic) bond motifs is 1. The second-order valence-corrected chi connectivity index (χ2v) is 5.94. The summed E-state index contributed by atoms with van der Waals surface area (Å²) in [5.41, 5.74) is 3.94. The van der Waals surface area contributed by atoms with Crippen LogP contribution in [0.5, 0.6) is 0 Å². The summed E-state index contributed by atoms with van der Waals surface area (Å²) < 4.78 is 0. The van der Waals surface area contributed by atoms with E-state index in [1.165, 1.54) is 11.1 Å². The molecule has 25 heavy (non-hydrogen) atoms. The number of nitrogens with zero attached hydrogens (tertiary/aromatic N) is 4. The van der Waals surface area contributed by atoms with E-state index in [2.05, 4.69) is 32.4 Å². The molecule has 1 aliphatic heterocycles. The number of benzene rings is 1.